The molecule has 3 heteroatoms. The zero-order valence-corrected chi connectivity index (χ0v) is 14.0. The van der Waals surface area contributed by atoms with E-state index in [9.17, 15) is 0 Å². The van der Waals surface area contributed by atoms with E-state index in [2.05, 4.69) is 68.6 Å². The van der Waals surface area contributed by atoms with Crippen molar-refractivity contribution in [2.45, 2.75) is 38.5 Å². The average molecular weight is 292 g/mol. The molecule has 0 aromatic heterocycles. The lowest BCUT2D eigenvalue weighted by molar-refractivity contribution is 0.147. The second-order valence-corrected chi connectivity index (χ2v) is 9.00. The molecule has 1 heterocycles. The van der Waals surface area contributed by atoms with Crippen LogP contribution in [0.25, 0.3) is 0 Å². The van der Waals surface area contributed by atoms with Gasteiger partial charge in [-0.2, -0.15) is 11.8 Å². The summed E-state index contributed by atoms with van der Waals surface area (Å²) in [5.41, 5.74) is 7.85. The maximum Gasteiger partial charge on any atom is 0.0359 e. The molecule has 1 unspecified atom stereocenters. The normalized spacial score (nSPS) is 21.6. The van der Waals surface area contributed by atoms with Crippen LogP contribution in [0, 0.1) is 5.41 Å². The summed E-state index contributed by atoms with van der Waals surface area (Å²) in [5.74, 6) is 1.23. The van der Waals surface area contributed by atoms with Gasteiger partial charge in [-0.1, -0.05) is 44.2 Å². The van der Waals surface area contributed by atoms with Gasteiger partial charge in [-0.15, -0.1) is 0 Å². The van der Waals surface area contributed by atoms with E-state index in [1.807, 2.05) is 6.07 Å². The van der Waals surface area contributed by atoms with Crippen LogP contribution in [-0.4, -0.2) is 35.0 Å². The van der Waals surface area contributed by atoms with Crippen LogP contribution in [0.5, 0.6) is 0 Å². The van der Waals surface area contributed by atoms with Crippen LogP contribution in [0.3, 0.4) is 0 Å². The summed E-state index contributed by atoms with van der Waals surface area (Å²) in [5, 5.41) is 0. The smallest absolute Gasteiger partial charge is 0.0359 e. The molecule has 1 atom stereocenters. The third kappa shape index (κ3) is 4.00. The molecule has 0 spiro atoms. The molecule has 0 amide bonds. The summed E-state index contributed by atoms with van der Waals surface area (Å²) in [6.07, 6.45) is 0. The summed E-state index contributed by atoms with van der Waals surface area (Å²) in [6, 6.07) is 10.6. The Hall–Kier alpha value is -0.510. The van der Waals surface area contributed by atoms with Gasteiger partial charge < -0.3 is 10.6 Å². The van der Waals surface area contributed by atoms with Crippen LogP contribution in [-0.2, 0) is 0 Å². The van der Waals surface area contributed by atoms with Crippen molar-refractivity contribution in [2.24, 2.45) is 11.1 Å². The molecule has 1 fully saturated rings. The van der Waals surface area contributed by atoms with E-state index in [1.54, 1.807) is 0 Å². The summed E-state index contributed by atoms with van der Waals surface area (Å²) < 4.78 is 0.366. The first-order valence-corrected chi connectivity index (χ1v) is 8.46. The van der Waals surface area contributed by atoms with Crippen molar-refractivity contribution >= 4 is 11.8 Å². The number of nitrogens with two attached hydrogens (primary N) is 1. The summed E-state index contributed by atoms with van der Waals surface area (Å²) >= 11 is 2.08. The van der Waals surface area contributed by atoms with Crippen molar-refractivity contribution in [3.63, 3.8) is 0 Å². The fraction of sp³-hybridized carbons (Fsp3) is 0.647. The summed E-state index contributed by atoms with van der Waals surface area (Å²) in [6.45, 7) is 12.7. The lowest BCUT2D eigenvalue weighted by atomic mass is 9.80. The number of benzene rings is 1. The van der Waals surface area contributed by atoms with E-state index in [-0.39, 0.29) is 11.5 Å². The van der Waals surface area contributed by atoms with Crippen molar-refractivity contribution in [1.29, 1.82) is 0 Å². The van der Waals surface area contributed by atoms with Crippen LogP contribution in [0.2, 0.25) is 0 Å². The average Bonchev–Trinajstić information content (AvgIpc) is 2.37. The SMILES string of the molecule is CC1(C)CN(CC(C)(C)C(N)c2ccccc2)CCS1. The van der Waals surface area contributed by atoms with Gasteiger partial charge in [0.15, 0.2) is 0 Å². The first kappa shape index (κ1) is 15.9. The Morgan fingerprint density at radius 2 is 1.95 bits per heavy atom. The topological polar surface area (TPSA) is 29.3 Å². The highest BCUT2D eigenvalue weighted by Crippen LogP contribution is 2.35. The van der Waals surface area contributed by atoms with Crippen molar-refractivity contribution in [3.8, 4) is 0 Å². The molecule has 0 bridgehead atoms. The molecule has 1 aromatic carbocycles. The minimum Gasteiger partial charge on any atom is -0.323 e. The molecular weight excluding hydrogens is 264 g/mol. The molecule has 0 saturated carbocycles. The molecule has 1 saturated heterocycles. The van der Waals surface area contributed by atoms with Gasteiger partial charge in [-0.05, 0) is 24.8 Å². The maximum atomic E-state index is 6.53. The Labute approximate surface area is 128 Å². The summed E-state index contributed by atoms with van der Waals surface area (Å²) in [7, 11) is 0. The van der Waals surface area contributed by atoms with Crippen molar-refractivity contribution < 1.29 is 0 Å². The molecule has 0 aliphatic carbocycles. The number of rotatable bonds is 4. The highest BCUT2D eigenvalue weighted by Gasteiger charge is 2.34. The Kier molecular flexibility index (Phi) is 4.83. The highest BCUT2D eigenvalue weighted by atomic mass is 32.2. The van der Waals surface area contributed by atoms with E-state index in [0.717, 1.165) is 13.1 Å². The zero-order valence-electron chi connectivity index (χ0n) is 13.2. The summed E-state index contributed by atoms with van der Waals surface area (Å²) in [4.78, 5) is 2.58. The fourth-order valence-corrected chi connectivity index (χ4v) is 4.21. The van der Waals surface area contributed by atoms with E-state index < -0.39 is 0 Å². The van der Waals surface area contributed by atoms with E-state index >= 15 is 0 Å². The third-order valence-corrected chi connectivity index (χ3v) is 5.43. The molecule has 1 aliphatic rings. The quantitative estimate of drug-likeness (QED) is 0.920. The van der Waals surface area contributed by atoms with Crippen LogP contribution < -0.4 is 5.73 Å². The largest absolute Gasteiger partial charge is 0.323 e. The third-order valence-electron chi connectivity index (χ3n) is 4.14. The number of thioether (sulfide) groups is 1. The Balaban J connectivity index is 2.03. The Bertz CT molecular complexity index is 428. The molecule has 2 nitrogen and oxygen atoms in total. The second-order valence-electron chi connectivity index (χ2n) is 7.20. The van der Waals surface area contributed by atoms with Gasteiger partial charge in [0, 0.05) is 36.2 Å². The predicted molar refractivity (Wildman–Crippen MR) is 90.1 cm³/mol. The van der Waals surface area contributed by atoms with E-state index in [0.29, 0.717) is 4.75 Å². The van der Waals surface area contributed by atoms with Gasteiger partial charge in [0.25, 0.3) is 0 Å². The molecule has 0 radical (unpaired) electrons. The minimum absolute atomic E-state index is 0.0828. The number of hydrogen-bond donors (Lipinski definition) is 1. The first-order chi connectivity index (χ1) is 9.30. The van der Waals surface area contributed by atoms with Crippen LogP contribution in [0.4, 0.5) is 0 Å². The highest BCUT2D eigenvalue weighted by molar-refractivity contribution is 8.00. The molecule has 1 aliphatic heterocycles. The number of nitrogens with zero attached hydrogens (tertiary/aromatic N) is 1. The fourth-order valence-electron chi connectivity index (χ4n) is 3.04. The predicted octanol–water partition coefficient (Wildman–Crippen LogP) is 3.54. The monoisotopic (exact) mass is 292 g/mol. The molecule has 1 aromatic rings. The standard InChI is InChI=1S/C17H28N2S/c1-16(2,15(18)14-8-6-5-7-9-14)12-19-10-11-20-17(3,4)13-19/h5-9,15H,10-13,18H2,1-4H3. The van der Waals surface area contributed by atoms with Crippen molar-refractivity contribution in [2.75, 3.05) is 25.4 Å². The lowest BCUT2D eigenvalue weighted by Gasteiger charge is -2.43. The van der Waals surface area contributed by atoms with Gasteiger partial charge in [-0.3, -0.25) is 0 Å². The molecule has 2 N–H and O–H groups in total. The minimum atomic E-state index is 0.0828. The maximum absolute atomic E-state index is 6.53. The number of hydrogen-bond acceptors (Lipinski definition) is 3. The first-order valence-electron chi connectivity index (χ1n) is 7.47. The zero-order chi connectivity index (χ0) is 14.8. The van der Waals surface area contributed by atoms with Crippen molar-refractivity contribution in [3.05, 3.63) is 35.9 Å². The van der Waals surface area contributed by atoms with E-state index in [4.69, 9.17) is 5.73 Å². The second kappa shape index (κ2) is 6.08. The van der Waals surface area contributed by atoms with Crippen LogP contribution in [0.15, 0.2) is 30.3 Å². The molecule has 112 valence electrons. The molecule has 2 rings (SSSR count). The lowest BCUT2D eigenvalue weighted by Crippen LogP contribution is -2.48. The van der Waals surface area contributed by atoms with Crippen LogP contribution >= 0.6 is 11.8 Å². The Morgan fingerprint density at radius 3 is 2.55 bits per heavy atom. The van der Waals surface area contributed by atoms with Gasteiger partial charge in [-0.25, -0.2) is 0 Å². The Morgan fingerprint density at radius 1 is 1.30 bits per heavy atom. The van der Waals surface area contributed by atoms with Crippen molar-refractivity contribution in [1.82, 2.24) is 4.90 Å². The van der Waals surface area contributed by atoms with Gasteiger partial charge >= 0.3 is 0 Å². The van der Waals surface area contributed by atoms with Gasteiger partial charge in [0.05, 0.1) is 0 Å². The van der Waals surface area contributed by atoms with Gasteiger partial charge in [0.2, 0.25) is 0 Å². The van der Waals surface area contributed by atoms with E-state index in [1.165, 1.54) is 17.9 Å². The van der Waals surface area contributed by atoms with Crippen LogP contribution in [0.1, 0.15) is 39.3 Å². The molecule has 20 heavy (non-hydrogen) atoms. The van der Waals surface area contributed by atoms with Gasteiger partial charge in [0.1, 0.15) is 0 Å². The molecular formula is C17H28N2S.